The molecule has 1 atom stereocenters. The minimum Gasteiger partial charge on any atom is -0.315 e. The highest BCUT2D eigenvalue weighted by Gasteiger charge is 1.95. The highest BCUT2D eigenvalue weighted by Crippen LogP contribution is 1.88. The fourth-order valence-corrected chi connectivity index (χ4v) is 0.666. The van der Waals surface area contributed by atoms with Crippen LogP contribution < -0.4 is 5.32 Å². The minimum absolute atomic E-state index is 0.150. The summed E-state index contributed by atoms with van der Waals surface area (Å²) in [6, 6.07) is 2.18. The van der Waals surface area contributed by atoms with Crippen LogP contribution >= 0.6 is 0 Å². The third kappa shape index (κ3) is 5.58. The van der Waals surface area contributed by atoms with Crippen LogP contribution in [0.15, 0.2) is 0 Å². The first-order valence-corrected chi connectivity index (χ1v) is 3.91. The van der Waals surface area contributed by atoms with Gasteiger partial charge in [0.25, 0.3) is 0 Å². The smallest absolute Gasteiger partial charge is 0.0666 e. The standard InChI is InChI=1S/C8H16N2/c1-3-4-5-10-7-8(2)6-9/h8,10H,3-5,7H2,1-2H3. The summed E-state index contributed by atoms with van der Waals surface area (Å²) in [4.78, 5) is 0. The number of nitrogens with zero attached hydrogens (tertiary/aromatic N) is 1. The van der Waals surface area contributed by atoms with Gasteiger partial charge in [-0.15, -0.1) is 0 Å². The second kappa shape index (κ2) is 6.57. The molecule has 0 aromatic carbocycles. The van der Waals surface area contributed by atoms with Gasteiger partial charge in [-0.1, -0.05) is 13.3 Å². The van der Waals surface area contributed by atoms with Crippen molar-refractivity contribution in [2.45, 2.75) is 26.7 Å². The summed E-state index contributed by atoms with van der Waals surface area (Å²) in [5.41, 5.74) is 0. The molecule has 0 bridgehead atoms. The Bertz CT molecular complexity index is 104. The first kappa shape index (κ1) is 9.45. The van der Waals surface area contributed by atoms with E-state index in [-0.39, 0.29) is 5.92 Å². The summed E-state index contributed by atoms with van der Waals surface area (Å²) in [5.74, 6) is 0.150. The van der Waals surface area contributed by atoms with E-state index >= 15 is 0 Å². The van der Waals surface area contributed by atoms with Gasteiger partial charge in [0, 0.05) is 6.54 Å². The lowest BCUT2D eigenvalue weighted by Crippen LogP contribution is -2.21. The Morgan fingerprint density at radius 1 is 1.60 bits per heavy atom. The van der Waals surface area contributed by atoms with E-state index in [4.69, 9.17) is 5.26 Å². The largest absolute Gasteiger partial charge is 0.315 e. The highest BCUT2D eigenvalue weighted by atomic mass is 14.8. The van der Waals surface area contributed by atoms with Gasteiger partial charge in [0.05, 0.1) is 12.0 Å². The molecule has 1 N–H and O–H groups in total. The average molecular weight is 140 g/mol. The Hall–Kier alpha value is -0.550. The average Bonchev–Trinajstić information content (AvgIpc) is 1.98. The zero-order valence-electron chi connectivity index (χ0n) is 6.85. The summed E-state index contributed by atoms with van der Waals surface area (Å²) in [7, 11) is 0. The maximum atomic E-state index is 8.40. The molecule has 0 aliphatic carbocycles. The van der Waals surface area contributed by atoms with Gasteiger partial charge in [-0.05, 0) is 19.9 Å². The molecule has 0 radical (unpaired) electrons. The van der Waals surface area contributed by atoms with Crippen LogP contribution in [0.5, 0.6) is 0 Å². The first-order chi connectivity index (χ1) is 4.81. The Labute approximate surface area is 63.2 Å². The molecule has 0 aliphatic heterocycles. The summed E-state index contributed by atoms with van der Waals surface area (Å²) in [5, 5.41) is 11.6. The molecule has 0 aromatic heterocycles. The predicted molar refractivity (Wildman–Crippen MR) is 42.6 cm³/mol. The van der Waals surface area contributed by atoms with Crippen LogP contribution in [-0.4, -0.2) is 13.1 Å². The van der Waals surface area contributed by atoms with Crippen molar-refractivity contribution in [2.24, 2.45) is 5.92 Å². The summed E-state index contributed by atoms with van der Waals surface area (Å²) in [6.07, 6.45) is 2.42. The molecule has 0 rings (SSSR count). The zero-order chi connectivity index (χ0) is 7.82. The Balaban J connectivity index is 2.98. The lowest BCUT2D eigenvalue weighted by molar-refractivity contribution is 0.581. The molecule has 2 nitrogen and oxygen atoms in total. The van der Waals surface area contributed by atoms with Gasteiger partial charge in [-0.2, -0.15) is 5.26 Å². The van der Waals surface area contributed by atoms with E-state index in [0.29, 0.717) is 0 Å². The monoisotopic (exact) mass is 140 g/mol. The van der Waals surface area contributed by atoms with E-state index in [1.807, 2.05) is 6.92 Å². The van der Waals surface area contributed by atoms with Gasteiger partial charge >= 0.3 is 0 Å². The minimum atomic E-state index is 0.150. The summed E-state index contributed by atoms with van der Waals surface area (Å²) >= 11 is 0. The first-order valence-electron chi connectivity index (χ1n) is 3.91. The number of rotatable bonds is 5. The van der Waals surface area contributed by atoms with Crippen LogP contribution in [0.2, 0.25) is 0 Å². The fourth-order valence-electron chi connectivity index (χ4n) is 0.666. The van der Waals surface area contributed by atoms with Crippen molar-refractivity contribution in [3.63, 3.8) is 0 Å². The number of hydrogen-bond acceptors (Lipinski definition) is 2. The van der Waals surface area contributed by atoms with E-state index in [9.17, 15) is 0 Å². The van der Waals surface area contributed by atoms with E-state index in [2.05, 4.69) is 18.3 Å². The summed E-state index contributed by atoms with van der Waals surface area (Å²) < 4.78 is 0. The molecule has 0 spiro atoms. The SMILES string of the molecule is CCCCNCC(C)C#N. The number of unbranched alkanes of at least 4 members (excludes halogenated alkanes) is 1. The second-order valence-electron chi connectivity index (χ2n) is 2.59. The van der Waals surface area contributed by atoms with Crippen LogP contribution in [0.1, 0.15) is 26.7 Å². The topological polar surface area (TPSA) is 35.8 Å². The Morgan fingerprint density at radius 3 is 2.80 bits per heavy atom. The summed E-state index contributed by atoms with van der Waals surface area (Å²) in [6.45, 7) is 5.97. The lowest BCUT2D eigenvalue weighted by Gasteiger charge is -2.03. The van der Waals surface area contributed by atoms with Gasteiger partial charge in [-0.3, -0.25) is 0 Å². The molecule has 0 aromatic rings. The van der Waals surface area contributed by atoms with Crippen LogP contribution in [0, 0.1) is 17.2 Å². The number of nitrogens with one attached hydrogen (secondary N) is 1. The highest BCUT2D eigenvalue weighted by molar-refractivity contribution is 4.79. The van der Waals surface area contributed by atoms with Crippen LogP contribution in [-0.2, 0) is 0 Å². The Kier molecular flexibility index (Phi) is 6.21. The van der Waals surface area contributed by atoms with Crippen LogP contribution in [0.25, 0.3) is 0 Å². The van der Waals surface area contributed by atoms with Crippen molar-refractivity contribution < 1.29 is 0 Å². The third-order valence-electron chi connectivity index (χ3n) is 1.38. The third-order valence-corrected chi connectivity index (χ3v) is 1.38. The molecule has 2 heteroatoms. The van der Waals surface area contributed by atoms with Crippen molar-refractivity contribution in [1.29, 1.82) is 5.26 Å². The van der Waals surface area contributed by atoms with Gasteiger partial charge in [0.2, 0.25) is 0 Å². The van der Waals surface area contributed by atoms with E-state index in [1.54, 1.807) is 0 Å². The molecule has 0 fully saturated rings. The number of nitriles is 1. The lowest BCUT2D eigenvalue weighted by atomic mass is 10.2. The molecule has 10 heavy (non-hydrogen) atoms. The quantitative estimate of drug-likeness (QED) is 0.588. The molecule has 0 saturated heterocycles. The maximum Gasteiger partial charge on any atom is 0.0666 e. The molecular weight excluding hydrogens is 124 g/mol. The second-order valence-corrected chi connectivity index (χ2v) is 2.59. The Morgan fingerprint density at radius 2 is 2.30 bits per heavy atom. The molecule has 58 valence electrons. The van der Waals surface area contributed by atoms with Crippen molar-refractivity contribution in [3.8, 4) is 6.07 Å². The van der Waals surface area contributed by atoms with E-state index in [0.717, 1.165) is 13.1 Å². The van der Waals surface area contributed by atoms with Crippen LogP contribution in [0.3, 0.4) is 0 Å². The maximum absolute atomic E-state index is 8.40. The van der Waals surface area contributed by atoms with Crippen molar-refractivity contribution >= 4 is 0 Å². The fraction of sp³-hybridized carbons (Fsp3) is 0.875. The molecule has 0 saturated carbocycles. The molecular formula is C8H16N2. The van der Waals surface area contributed by atoms with Crippen LogP contribution in [0.4, 0.5) is 0 Å². The number of hydrogen-bond donors (Lipinski definition) is 1. The molecule has 1 unspecified atom stereocenters. The van der Waals surface area contributed by atoms with Gasteiger partial charge in [0.1, 0.15) is 0 Å². The molecule has 0 aliphatic rings. The zero-order valence-corrected chi connectivity index (χ0v) is 6.85. The van der Waals surface area contributed by atoms with Crippen molar-refractivity contribution in [3.05, 3.63) is 0 Å². The molecule has 0 amide bonds. The normalized spacial score (nSPS) is 12.5. The van der Waals surface area contributed by atoms with Gasteiger partial charge in [-0.25, -0.2) is 0 Å². The van der Waals surface area contributed by atoms with Gasteiger partial charge in [0.15, 0.2) is 0 Å². The van der Waals surface area contributed by atoms with E-state index in [1.165, 1.54) is 12.8 Å². The van der Waals surface area contributed by atoms with E-state index < -0.39 is 0 Å². The predicted octanol–water partition coefficient (Wildman–Crippen LogP) is 1.54. The molecule has 0 heterocycles. The van der Waals surface area contributed by atoms with Gasteiger partial charge < -0.3 is 5.32 Å². The van der Waals surface area contributed by atoms with Crippen molar-refractivity contribution in [2.75, 3.05) is 13.1 Å². The van der Waals surface area contributed by atoms with Crippen molar-refractivity contribution in [1.82, 2.24) is 5.32 Å².